The number of nitrogens with one attached hydrogen (secondary N) is 1. The van der Waals surface area contributed by atoms with Crippen LogP contribution in [0.5, 0.6) is 0 Å². The van der Waals surface area contributed by atoms with Crippen LogP contribution in [0.3, 0.4) is 0 Å². The zero-order chi connectivity index (χ0) is 29.2. The summed E-state index contributed by atoms with van der Waals surface area (Å²) in [6.07, 6.45) is 1.72. The van der Waals surface area contributed by atoms with E-state index < -0.39 is 16.9 Å². The number of anilines is 1. The minimum absolute atomic E-state index is 0.0470. The van der Waals surface area contributed by atoms with Crippen molar-refractivity contribution in [1.29, 1.82) is 0 Å². The lowest BCUT2D eigenvalue weighted by Gasteiger charge is -2.26. The molecule has 1 aliphatic rings. The molecular weight excluding hydrogens is 572 g/mol. The van der Waals surface area contributed by atoms with Crippen LogP contribution in [0.2, 0.25) is 0 Å². The van der Waals surface area contributed by atoms with Gasteiger partial charge in [-0.15, -0.1) is 0 Å². The number of furan rings is 1. The van der Waals surface area contributed by atoms with Crippen molar-refractivity contribution in [3.05, 3.63) is 136 Å². The number of benzene rings is 3. The highest BCUT2D eigenvalue weighted by molar-refractivity contribution is 7.99. The highest BCUT2D eigenvalue weighted by Crippen LogP contribution is 2.43. The Morgan fingerprint density at radius 2 is 1.64 bits per heavy atom. The van der Waals surface area contributed by atoms with E-state index in [0.29, 0.717) is 22.2 Å². The molecule has 1 saturated heterocycles. The number of carbonyl (C=O) groups is 1. The van der Waals surface area contributed by atoms with E-state index in [-0.39, 0.29) is 17.3 Å². The van der Waals surface area contributed by atoms with Crippen molar-refractivity contribution in [2.75, 3.05) is 4.90 Å². The molecule has 2 aromatic heterocycles. The number of hydrogen-bond acceptors (Lipinski definition) is 7. The molecule has 2 N–H and O–H groups in total. The van der Waals surface area contributed by atoms with E-state index in [2.05, 4.69) is 10.3 Å². The molecule has 9 nitrogen and oxygen atoms in total. The summed E-state index contributed by atoms with van der Waals surface area (Å²) in [6, 6.07) is 29.5. The molecule has 1 aliphatic heterocycles. The topological polar surface area (TPSA) is 122 Å². The Morgan fingerprint density at radius 3 is 2.31 bits per heavy atom. The number of thiocarbonyl (C=S) groups is 1. The van der Waals surface area contributed by atoms with Crippen LogP contribution in [0.25, 0.3) is 11.3 Å². The molecule has 0 spiro atoms. The molecule has 0 radical (unpaired) electrons. The second-order valence-corrected chi connectivity index (χ2v) is 10.9. The van der Waals surface area contributed by atoms with Gasteiger partial charge in [-0.2, -0.15) is 0 Å². The molecule has 42 heavy (non-hydrogen) atoms. The molecule has 208 valence electrons. The summed E-state index contributed by atoms with van der Waals surface area (Å²) in [5, 5.41) is 24.6. The predicted octanol–water partition coefficient (Wildman–Crippen LogP) is 7.28. The molecule has 0 unspecified atom stereocenters. The molecule has 6 rings (SSSR count). The molecule has 2 atom stereocenters. The van der Waals surface area contributed by atoms with Crippen molar-refractivity contribution >= 4 is 46.4 Å². The second kappa shape index (κ2) is 11.5. The van der Waals surface area contributed by atoms with Gasteiger partial charge in [0.05, 0.1) is 22.2 Å². The second-order valence-electron chi connectivity index (χ2n) is 9.40. The number of hydrogen-bond donors (Lipinski definition) is 2. The maximum Gasteiger partial charge on any atom is 0.336 e. The number of rotatable bonds is 8. The minimum atomic E-state index is -1.04. The summed E-state index contributed by atoms with van der Waals surface area (Å²) in [4.78, 5) is 30.8. The van der Waals surface area contributed by atoms with E-state index in [1.165, 1.54) is 23.9 Å². The third kappa shape index (κ3) is 5.35. The smallest absolute Gasteiger partial charge is 0.336 e. The van der Waals surface area contributed by atoms with Crippen LogP contribution in [0.1, 0.15) is 33.9 Å². The highest BCUT2D eigenvalue weighted by Gasteiger charge is 2.42. The Bertz CT molecular complexity index is 1780. The van der Waals surface area contributed by atoms with Gasteiger partial charge in [-0.25, -0.2) is 4.79 Å². The van der Waals surface area contributed by atoms with Gasteiger partial charge in [0.25, 0.3) is 5.69 Å². The average molecular weight is 595 g/mol. The molecule has 11 heteroatoms. The first-order valence-electron chi connectivity index (χ1n) is 12.8. The molecule has 0 saturated carbocycles. The number of nitrogens with zero attached hydrogens (tertiary/aromatic N) is 3. The van der Waals surface area contributed by atoms with Crippen LogP contribution >= 0.6 is 24.0 Å². The molecule has 0 aliphatic carbocycles. The van der Waals surface area contributed by atoms with Gasteiger partial charge in [-0.3, -0.25) is 15.1 Å². The van der Waals surface area contributed by atoms with Crippen LogP contribution in [0.15, 0.2) is 124 Å². The fraction of sp³-hybridized carbons (Fsp3) is 0.0645. The number of carboxylic acids is 1. The van der Waals surface area contributed by atoms with E-state index in [4.69, 9.17) is 16.6 Å². The SMILES string of the molecule is O=C(O)c1ccccc1-c1ccc([C@@H]2[C@@H](c3ccccn3)NC(=S)N2c2ccc(Sc3ccc([N+](=O)[O-])cc3)cc2)o1. The number of aromatic nitrogens is 1. The van der Waals surface area contributed by atoms with Crippen LogP contribution in [-0.4, -0.2) is 26.1 Å². The summed E-state index contributed by atoms with van der Waals surface area (Å²) in [6.45, 7) is 0. The van der Waals surface area contributed by atoms with E-state index in [9.17, 15) is 20.0 Å². The standard InChI is InChI=1S/C31H22N4O5S2/c36-30(37)24-6-2-1-5-23(24)26-16-17-27(40-26)29-28(25-7-3-4-18-32-25)33-31(41)34(29)19-8-12-21(13-9-19)42-22-14-10-20(11-15-22)35(38)39/h1-18,28-29H,(H,33,41)(H,36,37)/t28-,29-/m1/s1. The lowest BCUT2D eigenvalue weighted by atomic mass is 10.0. The number of aromatic carboxylic acids is 1. The van der Waals surface area contributed by atoms with E-state index in [0.717, 1.165) is 21.2 Å². The first-order chi connectivity index (χ1) is 20.4. The lowest BCUT2D eigenvalue weighted by Crippen LogP contribution is -2.29. The number of pyridine rings is 1. The fourth-order valence-corrected chi connectivity index (χ4v) is 6.07. The first kappa shape index (κ1) is 27.2. The molecular formula is C31H22N4O5S2. The summed E-state index contributed by atoms with van der Waals surface area (Å²) >= 11 is 7.30. The molecule has 0 bridgehead atoms. The van der Waals surface area contributed by atoms with Crippen molar-refractivity contribution in [3.8, 4) is 11.3 Å². The van der Waals surface area contributed by atoms with Gasteiger partial charge in [0, 0.05) is 39.4 Å². The summed E-state index contributed by atoms with van der Waals surface area (Å²) in [5.74, 6) is -0.000142. The van der Waals surface area contributed by atoms with E-state index >= 15 is 0 Å². The maximum absolute atomic E-state index is 11.8. The monoisotopic (exact) mass is 594 g/mol. The summed E-state index contributed by atoms with van der Waals surface area (Å²) < 4.78 is 6.34. The Hall–Kier alpha value is -5.00. The van der Waals surface area contributed by atoms with E-state index in [1.807, 2.05) is 53.4 Å². The van der Waals surface area contributed by atoms with Crippen LogP contribution < -0.4 is 10.2 Å². The van der Waals surface area contributed by atoms with Gasteiger partial charge >= 0.3 is 5.97 Å². The third-order valence-corrected chi connectivity index (χ3v) is 8.17. The number of non-ortho nitro benzene ring substituents is 1. The third-order valence-electron chi connectivity index (χ3n) is 6.84. The van der Waals surface area contributed by atoms with Crippen LogP contribution in [0, 0.1) is 10.1 Å². The van der Waals surface area contributed by atoms with Gasteiger partial charge in [0.2, 0.25) is 0 Å². The largest absolute Gasteiger partial charge is 0.478 e. The zero-order valence-corrected chi connectivity index (χ0v) is 23.4. The predicted molar refractivity (Wildman–Crippen MR) is 163 cm³/mol. The Kier molecular flexibility index (Phi) is 7.43. The fourth-order valence-electron chi connectivity index (χ4n) is 4.91. The Morgan fingerprint density at radius 1 is 0.952 bits per heavy atom. The number of carboxylic acid groups (broad SMARTS) is 1. The van der Waals surface area contributed by atoms with E-state index in [1.54, 1.807) is 48.7 Å². The normalized spacial score (nSPS) is 16.3. The minimum Gasteiger partial charge on any atom is -0.478 e. The van der Waals surface area contributed by atoms with Gasteiger partial charge in [0.1, 0.15) is 17.6 Å². The Labute approximate surface area is 250 Å². The molecule has 3 heterocycles. The first-order valence-corrected chi connectivity index (χ1v) is 14.1. The molecule has 3 aromatic carbocycles. The molecule has 1 fully saturated rings. The number of nitro groups is 1. The number of nitro benzene ring substituents is 1. The van der Waals surface area contributed by atoms with Crippen LogP contribution in [0.4, 0.5) is 11.4 Å². The Balaban J connectivity index is 1.34. The van der Waals surface area contributed by atoms with Gasteiger partial charge in [0.15, 0.2) is 5.11 Å². The summed E-state index contributed by atoms with van der Waals surface area (Å²) in [7, 11) is 0. The van der Waals surface area contributed by atoms with Crippen molar-refractivity contribution < 1.29 is 19.2 Å². The zero-order valence-electron chi connectivity index (χ0n) is 21.8. The van der Waals surface area contributed by atoms with Crippen molar-refractivity contribution in [2.45, 2.75) is 21.9 Å². The van der Waals surface area contributed by atoms with Crippen LogP contribution in [-0.2, 0) is 0 Å². The maximum atomic E-state index is 11.8. The highest BCUT2D eigenvalue weighted by atomic mass is 32.2. The molecule has 0 amide bonds. The quantitative estimate of drug-likeness (QED) is 0.108. The van der Waals surface area contributed by atoms with Crippen molar-refractivity contribution in [3.63, 3.8) is 0 Å². The van der Waals surface area contributed by atoms with Gasteiger partial charge in [-0.05, 0) is 78.9 Å². The lowest BCUT2D eigenvalue weighted by molar-refractivity contribution is -0.384. The van der Waals surface area contributed by atoms with Gasteiger partial charge in [-0.1, -0.05) is 36.0 Å². The average Bonchev–Trinajstić information content (AvgIpc) is 3.63. The molecule has 5 aromatic rings. The summed E-state index contributed by atoms with van der Waals surface area (Å²) in [5.41, 5.74) is 2.29. The van der Waals surface area contributed by atoms with Gasteiger partial charge < -0.3 is 19.7 Å². The van der Waals surface area contributed by atoms with Crippen molar-refractivity contribution in [1.82, 2.24) is 10.3 Å². The van der Waals surface area contributed by atoms with Crippen molar-refractivity contribution in [2.24, 2.45) is 0 Å².